The lowest BCUT2D eigenvalue weighted by Crippen LogP contribution is -2.19. The summed E-state index contributed by atoms with van der Waals surface area (Å²) in [6.45, 7) is 1.41. The predicted molar refractivity (Wildman–Crippen MR) is 88.3 cm³/mol. The molecule has 0 spiro atoms. The highest BCUT2D eigenvalue weighted by molar-refractivity contribution is 6.31. The molecule has 0 bridgehead atoms. The first kappa shape index (κ1) is 16.3. The van der Waals surface area contributed by atoms with Crippen molar-refractivity contribution < 1.29 is 9.53 Å². The lowest BCUT2D eigenvalue weighted by atomic mass is 9.99. The minimum absolute atomic E-state index is 0.276. The molecular formula is C17H18ClN2O2. The third-order valence-corrected chi connectivity index (χ3v) is 3.33. The lowest BCUT2D eigenvalue weighted by molar-refractivity contribution is 0.100. The van der Waals surface area contributed by atoms with Gasteiger partial charge in [-0.05, 0) is 43.4 Å². The largest absolute Gasteiger partial charge is 0.492 e. The van der Waals surface area contributed by atoms with E-state index in [1.807, 2.05) is 43.3 Å². The average molecular weight is 318 g/mol. The third kappa shape index (κ3) is 4.23. The van der Waals surface area contributed by atoms with Crippen LogP contribution in [0, 0.1) is 6.07 Å². The summed E-state index contributed by atoms with van der Waals surface area (Å²) in [6, 6.07) is 13.8. The Morgan fingerprint density at radius 2 is 2.09 bits per heavy atom. The van der Waals surface area contributed by atoms with E-state index in [0.717, 1.165) is 17.9 Å². The number of carbonyl (C=O) groups excluding carboxylic acids is 1. The smallest absolute Gasteiger partial charge is 0.250 e. The van der Waals surface area contributed by atoms with Crippen molar-refractivity contribution in [1.29, 1.82) is 0 Å². The molecule has 0 fully saturated rings. The van der Waals surface area contributed by atoms with Gasteiger partial charge in [0.1, 0.15) is 12.4 Å². The van der Waals surface area contributed by atoms with Gasteiger partial charge in [-0.3, -0.25) is 4.79 Å². The molecular weight excluding hydrogens is 300 g/mol. The lowest BCUT2D eigenvalue weighted by Gasteiger charge is -2.12. The van der Waals surface area contributed by atoms with Gasteiger partial charge in [0.2, 0.25) is 5.91 Å². The summed E-state index contributed by atoms with van der Waals surface area (Å²) >= 11 is 5.89. The van der Waals surface area contributed by atoms with E-state index < -0.39 is 5.91 Å². The number of carbonyl (C=O) groups is 1. The SMILES string of the molecule is CN(C)CCOc1cccc(-c2ccc(Cl)[c]c2C(N)=O)c1. The Bertz CT molecular complexity index is 671. The molecule has 0 aliphatic rings. The van der Waals surface area contributed by atoms with Crippen LogP contribution in [0.25, 0.3) is 11.1 Å². The Morgan fingerprint density at radius 3 is 2.77 bits per heavy atom. The van der Waals surface area contributed by atoms with E-state index >= 15 is 0 Å². The number of ether oxygens (including phenoxy) is 1. The van der Waals surface area contributed by atoms with Crippen LogP contribution < -0.4 is 10.5 Å². The minimum Gasteiger partial charge on any atom is -0.492 e. The van der Waals surface area contributed by atoms with Crippen LogP contribution in [0.5, 0.6) is 5.75 Å². The number of nitrogens with zero attached hydrogens (tertiary/aromatic N) is 1. The molecule has 5 heteroatoms. The number of rotatable bonds is 6. The van der Waals surface area contributed by atoms with Crippen molar-refractivity contribution in [2.75, 3.05) is 27.2 Å². The molecule has 0 aromatic heterocycles. The predicted octanol–water partition coefficient (Wildman–Crippen LogP) is 2.85. The molecule has 22 heavy (non-hydrogen) atoms. The van der Waals surface area contributed by atoms with E-state index in [2.05, 4.69) is 6.07 Å². The maximum Gasteiger partial charge on any atom is 0.250 e. The first-order valence-electron chi connectivity index (χ1n) is 6.87. The second kappa shape index (κ2) is 7.29. The third-order valence-electron chi connectivity index (χ3n) is 3.11. The van der Waals surface area contributed by atoms with Crippen LogP contribution in [-0.4, -0.2) is 38.1 Å². The van der Waals surface area contributed by atoms with Gasteiger partial charge in [0.15, 0.2) is 0 Å². The van der Waals surface area contributed by atoms with Gasteiger partial charge < -0.3 is 15.4 Å². The molecule has 2 aromatic rings. The van der Waals surface area contributed by atoms with Crippen LogP contribution in [0.4, 0.5) is 0 Å². The fourth-order valence-corrected chi connectivity index (χ4v) is 2.16. The van der Waals surface area contributed by atoms with Crippen molar-refractivity contribution in [3.63, 3.8) is 0 Å². The van der Waals surface area contributed by atoms with Crippen LogP contribution >= 0.6 is 11.6 Å². The molecule has 0 saturated carbocycles. The highest BCUT2D eigenvalue weighted by Gasteiger charge is 2.12. The topological polar surface area (TPSA) is 55.6 Å². The second-order valence-electron chi connectivity index (χ2n) is 5.14. The normalized spacial score (nSPS) is 10.7. The van der Waals surface area contributed by atoms with E-state index in [-0.39, 0.29) is 5.56 Å². The highest BCUT2D eigenvalue weighted by Crippen LogP contribution is 2.28. The van der Waals surface area contributed by atoms with Gasteiger partial charge in [-0.25, -0.2) is 0 Å². The van der Waals surface area contributed by atoms with Crippen LogP contribution in [0.15, 0.2) is 36.4 Å². The number of amides is 1. The molecule has 0 unspecified atom stereocenters. The zero-order valence-electron chi connectivity index (χ0n) is 12.6. The molecule has 4 nitrogen and oxygen atoms in total. The molecule has 2 rings (SSSR count). The number of primary amides is 1. The van der Waals surface area contributed by atoms with Crippen molar-refractivity contribution >= 4 is 17.5 Å². The maximum absolute atomic E-state index is 11.6. The fourth-order valence-electron chi connectivity index (χ4n) is 2.00. The van der Waals surface area contributed by atoms with Gasteiger partial charge >= 0.3 is 0 Å². The number of likely N-dealkylation sites (N-methyl/N-ethyl adjacent to an activating group) is 1. The summed E-state index contributed by atoms with van der Waals surface area (Å²) < 4.78 is 5.71. The fraction of sp³-hybridized carbons (Fsp3) is 0.235. The van der Waals surface area contributed by atoms with Gasteiger partial charge in [0.25, 0.3) is 0 Å². The molecule has 0 saturated heterocycles. The first-order chi connectivity index (χ1) is 10.5. The van der Waals surface area contributed by atoms with E-state index in [0.29, 0.717) is 17.2 Å². The molecule has 0 aliphatic carbocycles. The Labute approximate surface area is 135 Å². The molecule has 2 aromatic carbocycles. The summed E-state index contributed by atoms with van der Waals surface area (Å²) in [6.07, 6.45) is 0. The second-order valence-corrected chi connectivity index (χ2v) is 5.55. The standard InChI is InChI=1S/C17H18ClN2O2/c1-20(2)8-9-22-14-5-3-4-12(10-14)15-7-6-13(18)11-16(15)17(19)21/h3-7,10H,8-9H2,1-2H3,(H2,19,21). The summed E-state index contributed by atoms with van der Waals surface area (Å²) in [5.41, 5.74) is 7.21. The monoisotopic (exact) mass is 317 g/mol. The molecule has 0 heterocycles. The molecule has 2 N–H and O–H groups in total. The van der Waals surface area contributed by atoms with Gasteiger partial charge in [-0.1, -0.05) is 29.8 Å². The Balaban J connectivity index is 2.28. The van der Waals surface area contributed by atoms with Crippen LogP contribution in [0.2, 0.25) is 5.02 Å². The molecule has 1 radical (unpaired) electrons. The van der Waals surface area contributed by atoms with Gasteiger partial charge in [-0.2, -0.15) is 0 Å². The molecule has 0 aliphatic heterocycles. The zero-order chi connectivity index (χ0) is 16.1. The average Bonchev–Trinajstić information content (AvgIpc) is 2.47. The first-order valence-corrected chi connectivity index (χ1v) is 7.25. The summed E-state index contributed by atoms with van der Waals surface area (Å²) in [7, 11) is 3.98. The quantitative estimate of drug-likeness (QED) is 0.891. The molecule has 115 valence electrons. The van der Waals surface area contributed by atoms with E-state index in [1.165, 1.54) is 0 Å². The summed E-state index contributed by atoms with van der Waals surface area (Å²) in [5.74, 6) is 0.182. The zero-order valence-corrected chi connectivity index (χ0v) is 13.4. The Kier molecular flexibility index (Phi) is 5.41. The highest BCUT2D eigenvalue weighted by atomic mass is 35.5. The van der Waals surface area contributed by atoms with E-state index in [1.54, 1.807) is 12.1 Å². The van der Waals surface area contributed by atoms with Crippen LogP contribution in [-0.2, 0) is 0 Å². The van der Waals surface area contributed by atoms with Crippen LogP contribution in [0.3, 0.4) is 0 Å². The molecule has 1 amide bonds. The Morgan fingerprint density at radius 1 is 1.32 bits per heavy atom. The van der Waals surface area contributed by atoms with Crippen molar-refractivity contribution in [2.45, 2.75) is 0 Å². The van der Waals surface area contributed by atoms with Crippen molar-refractivity contribution in [2.24, 2.45) is 5.73 Å². The Hall–Kier alpha value is -2.04. The van der Waals surface area contributed by atoms with E-state index in [9.17, 15) is 4.79 Å². The van der Waals surface area contributed by atoms with Crippen molar-refractivity contribution in [3.8, 4) is 16.9 Å². The minimum atomic E-state index is -0.559. The van der Waals surface area contributed by atoms with Crippen molar-refractivity contribution in [3.05, 3.63) is 53.1 Å². The van der Waals surface area contributed by atoms with Gasteiger partial charge in [0.05, 0.1) is 5.56 Å². The summed E-state index contributed by atoms with van der Waals surface area (Å²) in [4.78, 5) is 13.6. The molecule has 0 atom stereocenters. The van der Waals surface area contributed by atoms with Crippen molar-refractivity contribution in [1.82, 2.24) is 4.90 Å². The van der Waals surface area contributed by atoms with Crippen LogP contribution in [0.1, 0.15) is 10.4 Å². The van der Waals surface area contributed by atoms with E-state index in [4.69, 9.17) is 22.1 Å². The number of hydrogen-bond acceptors (Lipinski definition) is 3. The number of benzene rings is 2. The maximum atomic E-state index is 11.6. The number of halogens is 1. The van der Waals surface area contributed by atoms with Gasteiger partial charge in [0, 0.05) is 17.6 Å². The number of nitrogens with two attached hydrogens (primary N) is 1. The summed E-state index contributed by atoms with van der Waals surface area (Å²) in [5, 5.41) is 0.357. The van der Waals surface area contributed by atoms with Gasteiger partial charge in [-0.15, -0.1) is 0 Å². The number of hydrogen-bond donors (Lipinski definition) is 1.